The lowest BCUT2D eigenvalue weighted by molar-refractivity contribution is 0.0635. The third-order valence-corrected chi connectivity index (χ3v) is 3.64. The maximum atomic E-state index is 11.7. The molecule has 2 atom stereocenters. The smallest absolute Gasteiger partial charge is 0.413 e. The molecule has 0 saturated carbocycles. The molecule has 2 unspecified atom stereocenters. The molecule has 0 bridgehead atoms. The Balaban J connectivity index is 2.57. The Hall–Kier alpha value is -1.78. The van der Waals surface area contributed by atoms with Crippen LogP contribution < -0.4 is 10.6 Å². The predicted octanol–water partition coefficient (Wildman–Crippen LogP) is 5.06. The van der Waals surface area contributed by atoms with Crippen LogP contribution in [0, 0.1) is 5.92 Å². The Kier molecular flexibility index (Phi) is 7.33. The Morgan fingerprint density at radius 3 is 2.43 bits per heavy atom. The van der Waals surface area contributed by atoms with Crippen molar-refractivity contribution in [2.45, 2.75) is 72.4 Å². The molecule has 0 aliphatic carbocycles. The Bertz CT molecular complexity index is 480. The number of aromatic nitrogens is 1. The van der Waals surface area contributed by atoms with Crippen molar-refractivity contribution in [3.8, 4) is 0 Å². The molecule has 0 radical (unpaired) electrons. The molecule has 0 saturated heterocycles. The van der Waals surface area contributed by atoms with E-state index in [1.807, 2.05) is 26.8 Å². The molecule has 1 heterocycles. The SMILES string of the molecule is CCC(C)CC(CC)Nc1ccc(NC(=O)OC(C)(C)C)nc1. The standard InChI is InChI=1S/C18H31N3O2/c1-7-13(3)11-14(8-2)20-15-9-10-16(19-12-15)21-17(22)23-18(4,5)6/h9-10,12-14,20H,7-8,11H2,1-6H3,(H,19,21,22). The molecule has 0 fully saturated rings. The molecule has 0 aliphatic rings. The number of rotatable bonds is 7. The number of nitrogens with one attached hydrogen (secondary N) is 2. The van der Waals surface area contributed by atoms with E-state index >= 15 is 0 Å². The van der Waals surface area contributed by atoms with Crippen molar-refractivity contribution in [3.05, 3.63) is 18.3 Å². The summed E-state index contributed by atoms with van der Waals surface area (Å²) in [6, 6.07) is 4.15. The average molecular weight is 321 g/mol. The van der Waals surface area contributed by atoms with Gasteiger partial charge in [-0.25, -0.2) is 9.78 Å². The number of hydrogen-bond donors (Lipinski definition) is 2. The van der Waals surface area contributed by atoms with E-state index in [0.29, 0.717) is 17.8 Å². The van der Waals surface area contributed by atoms with E-state index in [9.17, 15) is 4.79 Å². The summed E-state index contributed by atoms with van der Waals surface area (Å²) in [5, 5.41) is 6.14. The van der Waals surface area contributed by atoms with E-state index in [1.165, 1.54) is 6.42 Å². The van der Waals surface area contributed by atoms with Crippen molar-refractivity contribution < 1.29 is 9.53 Å². The summed E-state index contributed by atoms with van der Waals surface area (Å²) in [6.07, 6.45) is 4.66. The number of pyridine rings is 1. The quantitative estimate of drug-likeness (QED) is 0.737. The van der Waals surface area contributed by atoms with Crippen LogP contribution in [0.25, 0.3) is 0 Å². The zero-order valence-corrected chi connectivity index (χ0v) is 15.3. The van der Waals surface area contributed by atoms with Crippen LogP contribution in [0.4, 0.5) is 16.3 Å². The highest BCUT2D eigenvalue weighted by Gasteiger charge is 2.16. The summed E-state index contributed by atoms with van der Waals surface area (Å²) in [4.78, 5) is 16.0. The van der Waals surface area contributed by atoms with Crippen LogP contribution in [0.15, 0.2) is 18.3 Å². The van der Waals surface area contributed by atoms with Gasteiger partial charge in [0.2, 0.25) is 0 Å². The highest BCUT2D eigenvalue weighted by atomic mass is 16.6. The lowest BCUT2D eigenvalue weighted by atomic mass is 9.98. The first-order chi connectivity index (χ1) is 10.7. The molecular weight excluding hydrogens is 290 g/mol. The van der Waals surface area contributed by atoms with E-state index in [-0.39, 0.29) is 0 Å². The van der Waals surface area contributed by atoms with Gasteiger partial charge in [-0.05, 0) is 51.7 Å². The summed E-state index contributed by atoms with van der Waals surface area (Å²) in [5.74, 6) is 1.19. The second-order valence-electron chi connectivity index (χ2n) is 7.06. The highest BCUT2D eigenvalue weighted by molar-refractivity contribution is 5.83. The molecular formula is C18H31N3O2. The number of nitrogens with zero attached hydrogens (tertiary/aromatic N) is 1. The van der Waals surface area contributed by atoms with E-state index in [4.69, 9.17) is 4.74 Å². The highest BCUT2D eigenvalue weighted by Crippen LogP contribution is 2.18. The predicted molar refractivity (Wildman–Crippen MR) is 95.9 cm³/mol. The molecule has 130 valence electrons. The van der Waals surface area contributed by atoms with Gasteiger partial charge in [-0.1, -0.05) is 27.2 Å². The van der Waals surface area contributed by atoms with E-state index in [1.54, 1.807) is 12.3 Å². The van der Waals surface area contributed by atoms with Crippen LogP contribution in [0.3, 0.4) is 0 Å². The molecule has 1 rings (SSSR count). The Morgan fingerprint density at radius 1 is 1.26 bits per heavy atom. The van der Waals surface area contributed by atoms with Gasteiger partial charge in [0.05, 0.1) is 11.9 Å². The van der Waals surface area contributed by atoms with Crippen LogP contribution in [-0.2, 0) is 4.74 Å². The Labute approximate surface area is 140 Å². The average Bonchev–Trinajstić information content (AvgIpc) is 2.46. The van der Waals surface area contributed by atoms with Gasteiger partial charge in [-0.2, -0.15) is 0 Å². The minimum absolute atomic E-state index is 0.441. The topological polar surface area (TPSA) is 63.2 Å². The summed E-state index contributed by atoms with van der Waals surface area (Å²) in [5.41, 5.74) is 0.450. The minimum Gasteiger partial charge on any atom is -0.444 e. The number of carbonyl (C=O) groups is 1. The molecule has 23 heavy (non-hydrogen) atoms. The van der Waals surface area contributed by atoms with Crippen molar-refractivity contribution in [1.29, 1.82) is 0 Å². The van der Waals surface area contributed by atoms with E-state index < -0.39 is 11.7 Å². The molecule has 1 aromatic rings. The zero-order chi connectivity index (χ0) is 17.5. The summed E-state index contributed by atoms with van der Waals surface area (Å²) in [6.45, 7) is 12.2. The van der Waals surface area contributed by atoms with Crippen molar-refractivity contribution in [2.75, 3.05) is 10.6 Å². The van der Waals surface area contributed by atoms with E-state index in [0.717, 1.165) is 18.5 Å². The van der Waals surface area contributed by atoms with Crippen LogP contribution >= 0.6 is 0 Å². The first kappa shape index (κ1) is 19.3. The number of amides is 1. The van der Waals surface area contributed by atoms with Gasteiger partial charge in [0.15, 0.2) is 0 Å². The molecule has 0 aliphatic heterocycles. The van der Waals surface area contributed by atoms with Crippen LogP contribution in [0.5, 0.6) is 0 Å². The molecule has 5 heteroatoms. The van der Waals surface area contributed by atoms with Gasteiger partial charge in [0, 0.05) is 6.04 Å². The van der Waals surface area contributed by atoms with Crippen molar-refractivity contribution >= 4 is 17.6 Å². The molecule has 1 aromatic heterocycles. The zero-order valence-electron chi connectivity index (χ0n) is 15.3. The fraction of sp³-hybridized carbons (Fsp3) is 0.667. The van der Waals surface area contributed by atoms with Gasteiger partial charge in [-0.3, -0.25) is 5.32 Å². The minimum atomic E-state index is -0.518. The second-order valence-corrected chi connectivity index (χ2v) is 7.06. The molecule has 2 N–H and O–H groups in total. The van der Waals surface area contributed by atoms with Crippen LogP contribution in [-0.4, -0.2) is 22.7 Å². The monoisotopic (exact) mass is 321 g/mol. The van der Waals surface area contributed by atoms with Crippen LogP contribution in [0.1, 0.15) is 60.8 Å². The molecule has 0 aromatic carbocycles. The fourth-order valence-corrected chi connectivity index (χ4v) is 2.18. The second kappa shape index (κ2) is 8.75. The van der Waals surface area contributed by atoms with Gasteiger partial charge in [0.1, 0.15) is 11.4 Å². The largest absolute Gasteiger partial charge is 0.444 e. The van der Waals surface area contributed by atoms with Gasteiger partial charge in [0.25, 0.3) is 0 Å². The number of carbonyl (C=O) groups excluding carboxylic acids is 1. The molecule has 1 amide bonds. The lowest BCUT2D eigenvalue weighted by Crippen LogP contribution is -2.27. The van der Waals surface area contributed by atoms with Gasteiger partial charge >= 0.3 is 6.09 Å². The third kappa shape index (κ3) is 7.86. The maximum Gasteiger partial charge on any atom is 0.413 e. The van der Waals surface area contributed by atoms with Crippen molar-refractivity contribution in [3.63, 3.8) is 0 Å². The number of anilines is 2. The normalized spacial score (nSPS) is 14.0. The van der Waals surface area contributed by atoms with Gasteiger partial charge < -0.3 is 10.1 Å². The Morgan fingerprint density at radius 2 is 1.96 bits per heavy atom. The van der Waals surface area contributed by atoms with E-state index in [2.05, 4.69) is 36.4 Å². The van der Waals surface area contributed by atoms with Crippen molar-refractivity contribution in [1.82, 2.24) is 4.98 Å². The molecule has 0 spiro atoms. The summed E-state index contributed by atoms with van der Waals surface area (Å²) in [7, 11) is 0. The number of ether oxygens (including phenoxy) is 1. The third-order valence-electron chi connectivity index (χ3n) is 3.64. The first-order valence-electron chi connectivity index (χ1n) is 8.46. The maximum absolute atomic E-state index is 11.7. The summed E-state index contributed by atoms with van der Waals surface area (Å²) < 4.78 is 5.20. The lowest BCUT2D eigenvalue weighted by Gasteiger charge is -2.21. The number of hydrogen-bond acceptors (Lipinski definition) is 4. The molecule has 5 nitrogen and oxygen atoms in total. The first-order valence-corrected chi connectivity index (χ1v) is 8.46. The van der Waals surface area contributed by atoms with Crippen LogP contribution in [0.2, 0.25) is 0 Å². The fourth-order valence-electron chi connectivity index (χ4n) is 2.18. The van der Waals surface area contributed by atoms with Gasteiger partial charge in [-0.15, -0.1) is 0 Å². The summed E-state index contributed by atoms with van der Waals surface area (Å²) >= 11 is 0. The van der Waals surface area contributed by atoms with Crippen molar-refractivity contribution in [2.24, 2.45) is 5.92 Å².